The van der Waals surface area contributed by atoms with E-state index < -0.39 is 21.6 Å². The Hall–Kier alpha value is -1.02. The smallest absolute Gasteiger partial charge is 0.355 e. The summed E-state index contributed by atoms with van der Waals surface area (Å²) in [5.41, 5.74) is -0.888. The SMILES string of the molecule is CN=C(NCCS(C)(=O)=O)NC1CCN(c2ncc(C(F)(F)F)cc2Cl)C1.I. The lowest BCUT2D eigenvalue weighted by Crippen LogP contribution is -2.45. The van der Waals surface area contributed by atoms with E-state index in [1.165, 1.54) is 0 Å². The van der Waals surface area contributed by atoms with Crippen molar-refractivity contribution in [3.8, 4) is 0 Å². The molecule has 1 aromatic rings. The van der Waals surface area contributed by atoms with Crippen LogP contribution in [0.5, 0.6) is 0 Å². The van der Waals surface area contributed by atoms with Crippen LogP contribution in [-0.2, 0) is 16.0 Å². The number of hydrogen-bond donors (Lipinski definition) is 2. The number of hydrogen-bond acceptors (Lipinski definition) is 5. The van der Waals surface area contributed by atoms with Crippen LogP contribution in [0.1, 0.15) is 12.0 Å². The Bertz CT molecular complexity index is 807. The molecule has 0 spiro atoms. The number of halogens is 5. The van der Waals surface area contributed by atoms with E-state index in [0.717, 1.165) is 18.5 Å². The van der Waals surface area contributed by atoms with Crippen molar-refractivity contribution in [3.05, 3.63) is 22.8 Å². The molecule has 13 heteroatoms. The van der Waals surface area contributed by atoms with E-state index in [0.29, 0.717) is 31.3 Å². The maximum Gasteiger partial charge on any atom is 0.417 e. The van der Waals surface area contributed by atoms with Gasteiger partial charge in [-0.25, -0.2) is 13.4 Å². The van der Waals surface area contributed by atoms with Crippen LogP contribution in [-0.4, -0.2) is 64.1 Å². The summed E-state index contributed by atoms with van der Waals surface area (Å²) in [5, 5.41) is 6.02. The molecular formula is C15H22ClF3IN5O2S. The van der Waals surface area contributed by atoms with Crippen LogP contribution in [0.2, 0.25) is 5.02 Å². The van der Waals surface area contributed by atoms with Gasteiger partial charge in [-0.15, -0.1) is 24.0 Å². The Labute approximate surface area is 184 Å². The van der Waals surface area contributed by atoms with Gasteiger partial charge in [-0.3, -0.25) is 4.99 Å². The maximum atomic E-state index is 12.7. The predicted octanol–water partition coefficient (Wildman–Crippen LogP) is 2.16. The molecular weight excluding hydrogens is 534 g/mol. The van der Waals surface area contributed by atoms with E-state index in [9.17, 15) is 21.6 Å². The number of nitrogens with zero attached hydrogens (tertiary/aromatic N) is 3. The van der Waals surface area contributed by atoms with Gasteiger partial charge < -0.3 is 15.5 Å². The molecule has 1 unspecified atom stereocenters. The molecule has 1 atom stereocenters. The third kappa shape index (κ3) is 7.43. The molecule has 1 aliphatic rings. The van der Waals surface area contributed by atoms with Gasteiger partial charge in [0.05, 0.1) is 16.3 Å². The van der Waals surface area contributed by atoms with Gasteiger partial charge in [-0.2, -0.15) is 13.2 Å². The van der Waals surface area contributed by atoms with Crippen LogP contribution in [0.4, 0.5) is 19.0 Å². The largest absolute Gasteiger partial charge is 0.417 e. The maximum absolute atomic E-state index is 12.7. The molecule has 1 aromatic heterocycles. The van der Waals surface area contributed by atoms with Gasteiger partial charge in [0.25, 0.3) is 0 Å². The van der Waals surface area contributed by atoms with Crippen molar-refractivity contribution >= 4 is 57.2 Å². The highest BCUT2D eigenvalue weighted by Crippen LogP contribution is 2.34. The van der Waals surface area contributed by atoms with Crippen molar-refractivity contribution < 1.29 is 21.6 Å². The molecule has 1 fully saturated rings. The van der Waals surface area contributed by atoms with E-state index >= 15 is 0 Å². The second-order valence-corrected chi connectivity index (χ2v) is 8.90. The highest BCUT2D eigenvalue weighted by Gasteiger charge is 2.33. The fourth-order valence-corrected chi connectivity index (χ4v) is 3.39. The molecule has 2 rings (SSSR count). The minimum absolute atomic E-state index is 0. The second-order valence-electron chi connectivity index (χ2n) is 6.23. The first-order valence-electron chi connectivity index (χ1n) is 8.12. The second kappa shape index (κ2) is 10.1. The van der Waals surface area contributed by atoms with Crippen LogP contribution in [0.15, 0.2) is 17.3 Å². The number of nitrogens with one attached hydrogen (secondary N) is 2. The summed E-state index contributed by atoms with van der Waals surface area (Å²) in [6.07, 6.45) is -1.87. The van der Waals surface area contributed by atoms with Crippen molar-refractivity contribution in [2.45, 2.75) is 18.6 Å². The van der Waals surface area contributed by atoms with Crippen LogP contribution < -0.4 is 15.5 Å². The topological polar surface area (TPSA) is 86.7 Å². The van der Waals surface area contributed by atoms with E-state index in [-0.39, 0.29) is 47.3 Å². The minimum Gasteiger partial charge on any atom is -0.355 e. The van der Waals surface area contributed by atoms with Gasteiger partial charge in [-0.05, 0) is 12.5 Å². The number of aromatic nitrogens is 1. The van der Waals surface area contributed by atoms with Crippen LogP contribution >= 0.6 is 35.6 Å². The lowest BCUT2D eigenvalue weighted by Gasteiger charge is -2.21. The first kappa shape index (κ1) is 25.0. The normalized spacial score (nSPS) is 18.0. The van der Waals surface area contributed by atoms with E-state index in [4.69, 9.17) is 11.6 Å². The molecule has 0 aromatic carbocycles. The van der Waals surface area contributed by atoms with Gasteiger partial charge in [0.15, 0.2) is 5.96 Å². The van der Waals surface area contributed by atoms with Crippen molar-refractivity contribution in [1.29, 1.82) is 0 Å². The van der Waals surface area contributed by atoms with Gasteiger partial charge >= 0.3 is 6.18 Å². The highest BCUT2D eigenvalue weighted by molar-refractivity contribution is 14.0. The Kier molecular flexibility index (Phi) is 9.06. The quantitative estimate of drug-likeness (QED) is 0.329. The summed E-state index contributed by atoms with van der Waals surface area (Å²) in [7, 11) is -1.51. The molecule has 7 nitrogen and oxygen atoms in total. The zero-order valence-electron chi connectivity index (χ0n) is 15.3. The zero-order chi connectivity index (χ0) is 20.2. The fourth-order valence-electron chi connectivity index (χ4n) is 2.63. The standard InChI is InChI=1S/C15H21ClF3N5O2S.HI/c1-20-14(21-4-6-27(2,25)26)23-11-3-5-24(9-11)13-12(16)7-10(8-22-13)15(17,18)19;/h7-8,11H,3-6,9H2,1-2H3,(H2,20,21,23);1H. The monoisotopic (exact) mass is 555 g/mol. The summed E-state index contributed by atoms with van der Waals surface area (Å²) in [6, 6.07) is 0.839. The first-order chi connectivity index (χ1) is 12.5. The number of sulfone groups is 1. The Morgan fingerprint density at radius 1 is 1.46 bits per heavy atom. The summed E-state index contributed by atoms with van der Waals surface area (Å²) in [5.74, 6) is 0.737. The van der Waals surface area contributed by atoms with Crippen molar-refractivity contribution in [2.75, 3.05) is 43.6 Å². The number of anilines is 1. The molecule has 2 N–H and O–H groups in total. The first-order valence-corrected chi connectivity index (χ1v) is 10.6. The number of rotatable bonds is 5. The number of pyridine rings is 1. The molecule has 160 valence electrons. The van der Waals surface area contributed by atoms with Crippen molar-refractivity contribution in [1.82, 2.24) is 15.6 Å². The molecule has 1 aliphatic heterocycles. The summed E-state index contributed by atoms with van der Waals surface area (Å²) >= 11 is 5.99. The molecule has 0 amide bonds. The molecule has 2 heterocycles. The average molecular weight is 556 g/mol. The van der Waals surface area contributed by atoms with Crippen LogP contribution in [0.25, 0.3) is 0 Å². The van der Waals surface area contributed by atoms with Crippen molar-refractivity contribution in [2.24, 2.45) is 4.99 Å². The number of aliphatic imine (C=N–C) groups is 1. The van der Waals surface area contributed by atoms with E-state index in [1.807, 2.05) is 0 Å². The Morgan fingerprint density at radius 3 is 2.68 bits per heavy atom. The molecule has 0 radical (unpaired) electrons. The molecule has 0 aliphatic carbocycles. The summed E-state index contributed by atoms with van der Waals surface area (Å²) in [4.78, 5) is 9.71. The van der Waals surface area contributed by atoms with Crippen LogP contribution in [0, 0.1) is 0 Å². The lowest BCUT2D eigenvalue weighted by atomic mass is 10.2. The summed E-state index contributed by atoms with van der Waals surface area (Å²) < 4.78 is 60.5. The van der Waals surface area contributed by atoms with E-state index in [2.05, 4.69) is 20.6 Å². The van der Waals surface area contributed by atoms with Crippen molar-refractivity contribution in [3.63, 3.8) is 0 Å². The average Bonchev–Trinajstić information content (AvgIpc) is 3.00. The fraction of sp³-hybridized carbons (Fsp3) is 0.600. The Morgan fingerprint density at radius 2 is 2.14 bits per heavy atom. The zero-order valence-corrected chi connectivity index (χ0v) is 19.2. The molecule has 28 heavy (non-hydrogen) atoms. The summed E-state index contributed by atoms with van der Waals surface area (Å²) in [6.45, 7) is 1.27. The molecule has 1 saturated heterocycles. The van der Waals surface area contributed by atoms with Gasteiger partial charge in [0.1, 0.15) is 15.7 Å². The number of alkyl halides is 3. The van der Waals surface area contributed by atoms with Gasteiger partial charge in [0, 0.05) is 45.2 Å². The number of guanidine groups is 1. The van der Waals surface area contributed by atoms with Gasteiger partial charge in [-0.1, -0.05) is 11.6 Å². The molecule has 0 saturated carbocycles. The lowest BCUT2D eigenvalue weighted by molar-refractivity contribution is -0.137. The van der Waals surface area contributed by atoms with Crippen LogP contribution in [0.3, 0.4) is 0 Å². The minimum atomic E-state index is -4.49. The van der Waals surface area contributed by atoms with E-state index in [1.54, 1.807) is 11.9 Å². The molecule has 0 bridgehead atoms. The third-order valence-electron chi connectivity index (χ3n) is 3.97. The predicted molar refractivity (Wildman–Crippen MR) is 114 cm³/mol. The van der Waals surface area contributed by atoms with Gasteiger partial charge in [0.2, 0.25) is 0 Å². The third-order valence-corrected chi connectivity index (χ3v) is 5.19. The highest BCUT2D eigenvalue weighted by atomic mass is 127. The Balaban J connectivity index is 0.00000392.